The summed E-state index contributed by atoms with van der Waals surface area (Å²) in [6.45, 7) is 2.25. The molecule has 0 aliphatic heterocycles. The van der Waals surface area contributed by atoms with Gasteiger partial charge in [-0.15, -0.1) is 0 Å². The van der Waals surface area contributed by atoms with Crippen LogP contribution in [0.3, 0.4) is 0 Å². The molecule has 0 bridgehead atoms. The van der Waals surface area contributed by atoms with E-state index in [1.807, 2.05) is 6.92 Å². The average Bonchev–Trinajstić information content (AvgIpc) is 2.60. The van der Waals surface area contributed by atoms with Crippen molar-refractivity contribution in [3.63, 3.8) is 0 Å². The van der Waals surface area contributed by atoms with Crippen molar-refractivity contribution < 1.29 is 13.2 Å². The molecule has 96 valence electrons. The number of nitrogens with two attached hydrogens (primary N) is 1. The molecule has 0 saturated heterocycles. The summed E-state index contributed by atoms with van der Waals surface area (Å²) in [4.78, 5) is 3.93. The van der Waals surface area contributed by atoms with Crippen LogP contribution in [0.4, 0.5) is 19.1 Å². The molecule has 2 N–H and O–H groups in total. The van der Waals surface area contributed by atoms with Crippen LogP contribution in [0.1, 0.15) is 16.8 Å². The highest BCUT2D eigenvalue weighted by molar-refractivity contribution is 5.28. The Kier molecular flexibility index (Phi) is 3.02. The SMILES string of the molecule is Cc1cnc(N)n1Cc1ccc(C(F)(F)F)cc1. The van der Waals surface area contributed by atoms with Gasteiger partial charge in [0.05, 0.1) is 18.3 Å². The van der Waals surface area contributed by atoms with E-state index in [1.54, 1.807) is 10.8 Å². The monoisotopic (exact) mass is 255 g/mol. The van der Waals surface area contributed by atoms with E-state index in [4.69, 9.17) is 5.73 Å². The van der Waals surface area contributed by atoms with Crippen molar-refractivity contribution in [3.8, 4) is 0 Å². The number of alkyl halides is 3. The van der Waals surface area contributed by atoms with Gasteiger partial charge in [-0.1, -0.05) is 12.1 Å². The quantitative estimate of drug-likeness (QED) is 0.896. The summed E-state index contributed by atoms with van der Waals surface area (Å²) in [7, 11) is 0. The summed E-state index contributed by atoms with van der Waals surface area (Å²) in [5.74, 6) is 0.354. The van der Waals surface area contributed by atoms with Crippen molar-refractivity contribution in [2.45, 2.75) is 19.6 Å². The molecule has 0 amide bonds. The van der Waals surface area contributed by atoms with E-state index in [0.29, 0.717) is 12.5 Å². The molecule has 0 atom stereocenters. The summed E-state index contributed by atoms with van der Waals surface area (Å²) < 4.78 is 38.9. The van der Waals surface area contributed by atoms with Gasteiger partial charge in [-0.3, -0.25) is 0 Å². The minimum atomic E-state index is -4.30. The fourth-order valence-corrected chi connectivity index (χ4v) is 1.67. The zero-order valence-electron chi connectivity index (χ0n) is 9.70. The number of rotatable bonds is 2. The van der Waals surface area contributed by atoms with Gasteiger partial charge in [-0.2, -0.15) is 13.2 Å². The molecule has 2 rings (SSSR count). The molecule has 0 spiro atoms. The smallest absolute Gasteiger partial charge is 0.369 e. The molecular weight excluding hydrogens is 243 g/mol. The molecule has 6 heteroatoms. The van der Waals surface area contributed by atoms with Crippen LogP contribution < -0.4 is 5.73 Å². The Labute approximate surface area is 102 Å². The number of hydrogen-bond acceptors (Lipinski definition) is 2. The number of hydrogen-bond donors (Lipinski definition) is 1. The van der Waals surface area contributed by atoms with Crippen LogP contribution in [-0.2, 0) is 12.7 Å². The lowest BCUT2D eigenvalue weighted by Crippen LogP contribution is -2.08. The second-order valence-electron chi connectivity index (χ2n) is 4.04. The van der Waals surface area contributed by atoms with Crippen LogP contribution in [0.25, 0.3) is 0 Å². The highest BCUT2D eigenvalue weighted by Crippen LogP contribution is 2.29. The molecule has 0 fully saturated rings. The van der Waals surface area contributed by atoms with Crippen molar-refractivity contribution in [1.82, 2.24) is 9.55 Å². The van der Waals surface area contributed by atoms with E-state index in [-0.39, 0.29) is 0 Å². The summed E-state index contributed by atoms with van der Waals surface area (Å²) in [6.07, 6.45) is -2.68. The lowest BCUT2D eigenvalue weighted by atomic mass is 10.1. The van der Waals surface area contributed by atoms with Crippen molar-refractivity contribution >= 4 is 5.95 Å². The Morgan fingerprint density at radius 3 is 2.28 bits per heavy atom. The average molecular weight is 255 g/mol. The van der Waals surface area contributed by atoms with Crippen LogP contribution in [0.2, 0.25) is 0 Å². The Balaban J connectivity index is 2.21. The van der Waals surface area contributed by atoms with Crippen molar-refractivity contribution in [2.75, 3.05) is 5.73 Å². The van der Waals surface area contributed by atoms with E-state index in [1.165, 1.54) is 12.1 Å². The van der Waals surface area contributed by atoms with Gasteiger partial charge in [0, 0.05) is 5.69 Å². The maximum absolute atomic E-state index is 12.4. The topological polar surface area (TPSA) is 43.8 Å². The highest BCUT2D eigenvalue weighted by Gasteiger charge is 2.29. The molecule has 2 aromatic rings. The molecular formula is C12H12F3N3. The largest absolute Gasteiger partial charge is 0.416 e. The number of benzene rings is 1. The third-order valence-electron chi connectivity index (χ3n) is 2.71. The number of aryl methyl sites for hydroxylation is 1. The molecule has 0 saturated carbocycles. The number of aromatic nitrogens is 2. The van der Waals surface area contributed by atoms with Gasteiger partial charge >= 0.3 is 6.18 Å². The van der Waals surface area contributed by atoms with Crippen LogP contribution in [0, 0.1) is 6.92 Å². The normalized spacial score (nSPS) is 11.8. The zero-order valence-corrected chi connectivity index (χ0v) is 9.70. The summed E-state index contributed by atoms with van der Waals surface area (Å²) in [5, 5.41) is 0. The highest BCUT2D eigenvalue weighted by atomic mass is 19.4. The van der Waals surface area contributed by atoms with E-state index in [2.05, 4.69) is 4.98 Å². The molecule has 0 aliphatic rings. The second kappa shape index (κ2) is 4.36. The van der Waals surface area contributed by atoms with Gasteiger partial charge in [0.25, 0.3) is 0 Å². The Bertz CT molecular complexity index is 521. The lowest BCUT2D eigenvalue weighted by molar-refractivity contribution is -0.137. The van der Waals surface area contributed by atoms with Gasteiger partial charge in [-0.05, 0) is 24.6 Å². The maximum Gasteiger partial charge on any atom is 0.416 e. The lowest BCUT2D eigenvalue weighted by Gasteiger charge is -2.10. The van der Waals surface area contributed by atoms with Crippen LogP contribution in [0.15, 0.2) is 30.5 Å². The number of imidazole rings is 1. The summed E-state index contributed by atoms with van der Waals surface area (Å²) >= 11 is 0. The van der Waals surface area contributed by atoms with Crippen molar-refractivity contribution in [3.05, 3.63) is 47.3 Å². The number of halogens is 3. The van der Waals surface area contributed by atoms with E-state index in [0.717, 1.165) is 23.4 Å². The summed E-state index contributed by atoms with van der Waals surface area (Å²) in [6, 6.07) is 5.03. The first-order valence-electron chi connectivity index (χ1n) is 5.31. The van der Waals surface area contributed by atoms with Crippen LogP contribution >= 0.6 is 0 Å². The van der Waals surface area contributed by atoms with Gasteiger partial charge < -0.3 is 10.3 Å². The third-order valence-corrected chi connectivity index (χ3v) is 2.71. The molecule has 3 nitrogen and oxygen atoms in total. The first-order chi connectivity index (χ1) is 8.38. The maximum atomic E-state index is 12.4. The standard InChI is InChI=1S/C12H12F3N3/c1-8-6-17-11(16)18(8)7-9-2-4-10(5-3-9)12(13,14)15/h2-6H,7H2,1H3,(H2,16,17). The minimum Gasteiger partial charge on any atom is -0.369 e. The molecule has 1 heterocycles. The van der Waals surface area contributed by atoms with Crippen molar-refractivity contribution in [1.29, 1.82) is 0 Å². The molecule has 1 aromatic heterocycles. The first kappa shape index (κ1) is 12.5. The summed E-state index contributed by atoms with van der Waals surface area (Å²) in [5.41, 5.74) is 6.62. The predicted octanol–water partition coefficient (Wildman–Crippen LogP) is 2.84. The van der Waals surface area contributed by atoms with Crippen LogP contribution in [0.5, 0.6) is 0 Å². The van der Waals surface area contributed by atoms with Crippen molar-refractivity contribution in [2.24, 2.45) is 0 Å². The van der Waals surface area contributed by atoms with E-state index < -0.39 is 11.7 Å². The zero-order chi connectivity index (χ0) is 13.3. The Morgan fingerprint density at radius 2 is 1.83 bits per heavy atom. The predicted molar refractivity (Wildman–Crippen MR) is 61.9 cm³/mol. The van der Waals surface area contributed by atoms with Gasteiger partial charge in [0.2, 0.25) is 5.95 Å². The molecule has 0 aliphatic carbocycles. The Hall–Kier alpha value is -1.98. The second-order valence-corrected chi connectivity index (χ2v) is 4.04. The molecule has 0 radical (unpaired) electrons. The third kappa shape index (κ3) is 2.47. The fraction of sp³-hybridized carbons (Fsp3) is 0.250. The minimum absolute atomic E-state index is 0.354. The fourth-order valence-electron chi connectivity index (χ4n) is 1.67. The number of nitrogens with zero attached hydrogens (tertiary/aromatic N) is 2. The van der Waals surface area contributed by atoms with E-state index in [9.17, 15) is 13.2 Å². The number of nitrogen functional groups attached to an aromatic ring is 1. The van der Waals surface area contributed by atoms with Gasteiger partial charge in [0.1, 0.15) is 0 Å². The Morgan fingerprint density at radius 1 is 1.22 bits per heavy atom. The molecule has 0 unspecified atom stereocenters. The first-order valence-corrected chi connectivity index (χ1v) is 5.31. The number of anilines is 1. The van der Waals surface area contributed by atoms with Gasteiger partial charge in [-0.25, -0.2) is 4.98 Å². The van der Waals surface area contributed by atoms with Gasteiger partial charge in [0.15, 0.2) is 0 Å². The molecule has 1 aromatic carbocycles. The van der Waals surface area contributed by atoms with Crippen LogP contribution in [-0.4, -0.2) is 9.55 Å². The van der Waals surface area contributed by atoms with E-state index >= 15 is 0 Å². The molecule has 18 heavy (non-hydrogen) atoms.